The van der Waals surface area contributed by atoms with E-state index < -0.39 is 21.7 Å². The molecule has 0 atom stereocenters. The average molecular weight is 297 g/mol. The van der Waals surface area contributed by atoms with Crippen LogP contribution in [0.25, 0.3) is 0 Å². The van der Waals surface area contributed by atoms with E-state index in [4.69, 9.17) is 5.11 Å². The number of aromatic carboxylic acids is 1. The molecule has 0 bridgehead atoms. The second kappa shape index (κ2) is 4.85. The summed E-state index contributed by atoms with van der Waals surface area (Å²) in [5.41, 5.74) is -0.262. The van der Waals surface area contributed by atoms with Crippen molar-refractivity contribution >= 4 is 21.7 Å². The Morgan fingerprint density at radius 1 is 1.35 bits per heavy atom. The fourth-order valence-corrected chi connectivity index (χ4v) is 2.78. The largest absolute Gasteiger partial charge is 0.506 e. The Morgan fingerprint density at radius 3 is 2.55 bits per heavy atom. The zero-order valence-electron chi connectivity index (χ0n) is 10.3. The van der Waals surface area contributed by atoms with E-state index in [1.54, 1.807) is 0 Å². The van der Waals surface area contributed by atoms with Crippen LogP contribution in [0.15, 0.2) is 35.5 Å². The number of anilines is 1. The van der Waals surface area contributed by atoms with Gasteiger partial charge >= 0.3 is 5.97 Å². The van der Waals surface area contributed by atoms with Crippen molar-refractivity contribution in [2.24, 2.45) is 7.05 Å². The molecule has 1 aromatic carbocycles. The molecule has 9 heteroatoms. The van der Waals surface area contributed by atoms with Crippen molar-refractivity contribution in [3.05, 3.63) is 36.0 Å². The number of rotatable bonds is 4. The van der Waals surface area contributed by atoms with Crippen molar-refractivity contribution < 1.29 is 23.4 Å². The summed E-state index contributed by atoms with van der Waals surface area (Å²) in [5, 5.41) is 22.1. The van der Waals surface area contributed by atoms with Gasteiger partial charge in [-0.25, -0.2) is 4.79 Å². The minimum absolute atomic E-state index is 0.0841. The molecule has 8 nitrogen and oxygen atoms in total. The minimum Gasteiger partial charge on any atom is -0.506 e. The maximum Gasteiger partial charge on any atom is 0.335 e. The van der Waals surface area contributed by atoms with E-state index in [1.165, 1.54) is 31.4 Å². The maximum atomic E-state index is 12.1. The van der Waals surface area contributed by atoms with Crippen molar-refractivity contribution in [2.75, 3.05) is 4.72 Å². The van der Waals surface area contributed by atoms with Gasteiger partial charge in [0, 0.05) is 7.05 Å². The lowest BCUT2D eigenvalue weighted by molar-refractivity contribution is 0.0696. The van der Waals surface area contributed by atoms with Gasteiger partial charge in [-0.05, 0) is 24.3 Å². The zero-order chi connectivity index (χ0) is 14.9. The molecule has 0 saturated carbocycles. The number of hydrogen-bond acceptors (Lipinski definition) is 5. The summed E-state index contributed by atoms with van der Waals surface area (Å²) < 4.78 is 27.4. The van der Waals surface area contributed by atoms with E-state index in [0.717, 1.165) is 10.7 Å². The van der Waals surface area contributed by atoms with Crippen LogP contribution in [-0.2, 0) is 17.1 Å². The number of hydrogen-bond donors (Lipinski definition) is 3. The molecule has 0 amide bonds. The van der Waals surface area contributed by atoms with Gasteiger partial charge in [0.15, 0.2) is 5.03 Å². The number of benzene rings is 1. The van der Waals surface area contributed by atoms with Crippen molar-refractivity contribution in [3.63, 3.8) is 0 Å². The van der Waals surface area contributed by atoms with E-state index in [2.05, 4.69) is 9.82 Å². The summed E-state index contributed by atoms with van der Waals surface area (Å²) in [5.74, 6) is -1.70. The summed E-state index contributed by atoms with van der Waals surface area (Å²) in [6.45, 7) is 0. The van der Waals surface area contributed by atoms with Crippen molar-refractivity contribution in [3.8, 4) is 5.75 Å². The normalized spacial score (nSPS) is 11.2. The highest BCUT2D eigenvalue weighted by molar-refractivity contribution is 7.92. The molecule has 106 valence electrons. The number of aromatic hydroxyl groups is 1. The van der Waals surface area contributed by atoms with Crippen LogP contribution in [0.4, 0.5) is 5.69 Å². The first-order valence-corrected chi connectivity index (χ1v) is 6.87. The molecule has 0 saturated heterocycles. The highest BCUT2D eigenvalue weighted by Gasteiger charge is 2.20. The molecule has 1 heterocycles. The van der Waals surface area contributed by atoms with Crippen LogP contribution in [0.2, 0.25) is 0 Å². The van der Waals surface area contributed by atoms with Crippen LogP contribution < -0.4 is 4.72 Å². The number of sulfonamides is 1. The van der Waals surface area contributed by atoms with Crippen LogP contribution >= 0.6 is 0 Å². The molecule has 1 aromatic heterocycles. The first-order valence-electron chi connectivity index (χ1n) is 5.38. The number of phenols is 1. The molecule has 0 spiro atoms. The number of nitrogens with one attached hydrogen (secondary N) is 1. The highest BCUT2D eigenvalue weighted by Crippen LogP contribution is 2.26. The molecule has 0 radical (unpaired) electrons. The second-order valence-corrected chi connectivity index (χ2v) is 5.56. The summed E-state index contributed by atoms with van der Waals surface area (Å²) in [6, 6.07) is 4.62. The lowest BCUT2D eigenvalue weighted by Crippen LogP contribution is -2.16. The quantitative estimate of drug-likeness (QED) is 0.711. The van der Waals surface area contributed by atoms with E-state index in [0.29, 0.717) is 0 Å². The summed E-state index contributed by atoms with van der Waals surface area (Å²) in [4.78, 5) is 10.7. The second-order valence-electron chi connectivity index (χ2n) is 3.94. The Morgan fingerprint density at radius 2 is 2.05 bits per heavy atom. The van der Waals surface area contributed by atoms with Gasteiger partial charge in [0.25, 0.3) is 10.0 Å². The lowest BCUT2D eigenvalue weighted by Gasteiger charge is -2.10. The molecule has 0 fully saturated rings. The number of carboxylic acid groups (broad SMARTS) is 1. The van der Waals surface area contributed by atoms with Crippen LogP contribution in [0.1, 0.15) is 10.4 Å². The SMILES string of the molecule is Cn1nccc1S(=O)(=O)Nc1ccc(C(=O)O)cc1O. The minimum atomic E-state index is -3.91. The molecular weight excluding hydrogens is 286 g/mol. The first kappa shape index (κ1) is 13.9. The third-order valence-corrected chi connectivity index (χ3v) is 3.98. The van der Waals surface area contributed by atoms with Crippen LogP contribution in [-0.4, -0.2) is 34.4 Å². The number of nitrogens with zero attached hydrogens (tertiary/aromatic N) is 2. The molecule has 0 aliphatic rings. The third-order valence-electron chi connectivity index (χ3n) is 2.54. The van der Waals surface area contributed by atoms with Gasteiger partial charge in [-0.2, -0.15) is 13.5 Å². The van der Waals surface area contributed by atoms with E-state index in [1.807, 2.05) is 0 Å². The average Bonchev–Trinajstić information content (AvgIpc) is 2.78. The van der Waals surface area contributed by atoms with E-state index in [9.17, 15) is 18.3 Å². The van der Waals surface area contributed by atoms with E-state index in [-0.39, 0.29) is 16.3 Å². The highest BCUT2D eigenvalue weighted by atomic mass is 32.2. The van der Waals surface area contributed by atoms with Gasteiger partial charge < -0.3 is 10.2 Å². The van der Waals surface area contributed by atoms with Gasteiger partial charge in [0.2, 0.25) is 0 Å². The van der Waals surface area contributed by atoms with Crippen molar-refractivity contribution in [1.29, 1.82) is 0 Å². The lowest BCUT2D eigenvalue weighted by atomic mass is 10.2. The predicted molar refractivity (Wildman–Crippen MR) is 69.1 cm³/mol. The van der Waals surface area contributed by atoms with Gasteiger partial charge in [-0.1, -0.05) is 0 Å². The molecule has 0 aliphatic carbocycles. The Hall–Kier alpha value is -2.55. The molecular formula is C11H11N3O5S. The molecule has 2 rings (SSSR count). The predicted octanol–water partition coefficient (Wildman–Crippen LogP) is 0.625. The smallest absolute Gasteiger partial charge is 0.335 e. The molecule has 0 aliphatic heterocycles. The Bertz CT molecular complexity index is 766. The molecule has 2 aromatic rings. The molecule has 3 N–H and O–H groups in total. The van der Waals surface area contributed by atoms with Crippen LogP contribution in [0.5, 0.6) is 5.75 Å². The van der Waals surface area contributed by atoms with Crippen molar-refractivity contribution in [2.45, 2.75) is 5.03 Å². The van der Waals surface area contributed by atoms with Gasteiger partial charge in [-0.15, -0.1) is 0 Å². The number of carbonyl (C=O) groups is 1. The standard InChI is InChI=1S/C11H11N3O5S/c1-14-10(4-5-12-14)20(18,19)13-8-3-2-7(11(16)17)6-9(8)15/h2-6,13,15H,1H3,(H,16,17). The number of aromatic nitrogens is 2. The van der Waals surface area contributed by atoms with Gasteiger partial charge in [0.1, 0.15) is 5.75 Å². The topological polar surface area (TPSA) is 122 Å². The third kappa shape index (κ3) is 2.57. The Balaban J connectivity index is 2.36. The fourth-order valence-electron chi connectivity index (χ4n) is 1.57. The number of aryl methyl sites for hydroxylation is 1. The van der Waals surface area contributed by atoms with E-state index >= 15 is 0 Å². The van der Waals surface area contributed by atoms with Crippen LogP contribution in [0.3, 0.4) is 0 Å². The van der Waals surface area contributed by atoms with Gasteiger partial charge in [-0.3, -0.25) is 9.40 Å². The number of carboxylic acids is 1. The maximum absolute atomic E-state index is 12.1. The monoisotopic (exact) mass is 297 g/mol. The zero-order valence-corrected chi connectivity index (χ0v) is 11.1. The van der Waals surface area contributed by atoms with Gasteiger partial charge in [0.05, 0.1) is 17.4 Å². The summed E-state index contributed by atoms with van der Waals surface area (Å²) >= 11 is 0. The first-order chi connectivity index (χ1) is 9.31. The Labute approximate surface area is 114 Å². The number of phenolic OH excluding ortho intramolecular Hbond substituents is 1. The Kier molecular flexibility index (Phi) is 3.36. The van der Waals surface area contributed by atoms with Crippen LogP contribution in [0, 0.1) is 0 Å². The molecule has 0 unspecified atom stereocenters. The summed E-state index contributed by atoms with van der Waals surface area (Å²) in [7, 11) is -2.45. The molecule has 20 heavy (non-hydrogen) atoms. The fraction of sp³-hybridized carbons (Fsp3) is 0.0909. The van der Waals surface area contributed by atoms with Crippen molar-refractivity contribution in [1.82, 2.24) is 9.78 Å². The summed E-state index contributed by atoms with van der Waals surface area (Å²) in [6.07, 6.45) is 1.32.